The Balaban J connectivity index is 1.36. The zero-order valence-corrected chi connectivity index (χ0v) is 19.8. The first-order chi connectivity index (χ1) is 15.0. The Hall–Kier alpha value is -2.54. The van der Waals surface area contributed by atoms with Crippen molar-refractivity contribution in [3.63, 3.8) is 0 Å². The van der Waals surface area contributed by atoms with Gasteiger partial charge >= 0.3 is 11.9 Å². The SMILES string of the molecule is C=C(C)C(=O)OCCOC(=O)c1ccc(SN2C(=C)C3C(C)(C)C34CCC4(C)C2=O)cc1. The smallest absolute Gasteiger partial charge is 0.338 e. The normalized spacial score (nSPS) is 29.4. The molecule has 7 heteroatoms. The molecule has 3 aliphatic rings. The van der Waals surface area contributed by atoms with Gasteiger partial charge in [-0.15, -0.1) is 0 Å². The van der Waals surface area contributed by atoms with Gasteiger partial charge in [0.2, 0.25) is 5.91 Å². The lowest BCUT2D eigenvalue weighted by Crippen LogP contribution is -2.56. The average molecular weight is 456 g/mol. The van der Waals surface area contributed by atoms with Crippen LogP contribution >= 0.6 is 11.9 Å². The number of hydrogen-bond acceptors (Lipinski definition) is 6. The third-order valence-corrected chi connectivity index (χ3v) is 8.79. The number of piperidine rings is 1. The van der Waals surface area contributed by atoms with Crippen molar-refractivity contribution in [2.75, 3.05) is 13.2 Å². The van der Waals surface area contributed by atoms with Crippen LogP contribution < -0.4 is 0 Å². The summed E-state index contributed by atoms with van der Waals surface area (Å²) in [6.07, 6.45) is 2.01. The van der Waals surface area contributed by atoms with E-state index < -0.39 is 11.9 Å². The van der Waals surface area contributed by atoms with Gasteiger partial charge in [0, 0.05) is 22.1 Å². The molecule has 1 heterocycles. The van der Waals surface area contributed by atoms with Crippen molar-refractivity contribution in [1.82, 2.24) is 4.31 Å². The first kappa shape index (κ1) is 22.6. The Morgan fingerprint density at radius 1 is 1.12 bits per heavy atom. The molecule has 32 heavy (non-hydrogen) atoms. The van der Waals surface area contributed by atoms with Crippen LogP contribution in [0.15, 0.2) is 53.6 Å². The van der Waals surface area contributed by atoms with Crippen LogP contribution in [0.2, 0.25) is 0 Å². The summed E-state index contributed by atoms with van der Waals surface area (Å²) in [7, 11) is 0. The van der Waals surface area contributed by atoms with Gasteiger partial charge in [0.15, 0.2) is 0 Å². The van der Waals surface area contributed by atoms with Gasteiger partial charge < -0.3 is 9.47 Å². The largest absolute Gasteiger partial charge is 0.459 e. The summed E-state index contributed by atoms with van der Waals surface area (Å²) < 4.78 is 11.8. The molecule has 1 aromatic carbocycles. The molecule has 1 saturated heterocycles. The van der Waals surface area contributed by atoms with Gasteiger partial charge in [-0.05, 0) is 66.8 Å². The van der Waals surface area contributed by atoms with Crippen LogP contribution in [-0.4, -0.2) is 35.4 Å². The summed E-state index contributed by atoms with van der Waals surface area (Å²) in [4.78, 5) is 37.8. The minimum absolute atomic E-state index is 0.0255. The van der Waals surface area contributed by atoms with Gasteiger partial charge in [0.25, 0.3) is 0 Å². The number of benzene rings is 1. The second kappa shape index (κ2) is 7.51. The van der Waals surface area contributed by atoms with Gasteiger partial charge in [-0.3, -0.25) is 9.10 Å². The van der Waals surface area contributed by atoms with Crippen LogP contribution in [0.5, 0.6) is 0 Å². The Bertz CT molecular complexity index is 1030. The second-order valence-electron chi connectivity index (χ2n) is 9.72. The van der Waals surface area contributed by atoms with Crippen molar-refractivity contribution in [3.8, 4) is 0 Å². The zero-order chi connectivity index (χ0) is 23.5. The van der Waals surface area contributed by atoms with Crippen LogP contribution in [0, 0.1) is 22.2 Å². The molecule has 2 saturated carbocycles. The van der Waals surface area contributed by atoms with Crippen LogP contribution in [0.25, 0.3) is 0 Å². The number of nitrogens with zero attached hydrogens (tertiary/aromatic N) is 1. The maximum Gasteiger partial charge on any atom is 0.338 e. The summed E-state index contributed by atoms with van der Waals surface area (Å²) in [5, 5.41) is 0. The van der Waals surface area contributed by atoms with Gasteiger partial charge in [0.05, 0.1) is 11.0 Å². The van der Waals surface area contributed by atoms with E-state index in [9.17, 15) is 14.4 Å². The maximum absolute atomic E-state index is 13.4. The zero-order valence-electron chi connectivity index (χ0n) is 19.0. The van der Waals surface area contributed by atoms with Crippen molar-refractivity contribution >= 4 is 29.8 Å². The van der Waals surface area contributed by atoms with Crippen molar-refractivity contribution in [2.24, 2.45) is 22.2 Å². The van der Waals surface area contributed by atoms with Crippen LogP contribution in [-0.2, 0) is 19.1 Å². The Morgan fingerprint density at radius 2 is 1.75 bits per heavy atom. The first-order valence-electron chi connectivity index (χ1n) is 10.8. The van der Waals surface area contributed by atoms with Crippen molar-refractivity contribution in [2.45, 2.75) is 45.4 Å². The summed E-state index contributed by atoms with van der Waals surface area (Å²) in [5.74, 6) is -0.558. The van der Waals surface area contributed by atoms with Crippen molar-refractivity contribution in [3.05, 3.63) is 54.3 Å². The number of esters is 2. The molecule has 1 amide bonds. The number of carbonyl (C=O) groups excluding carboxylic acids is 3. The summed E-state index contributed by atoms with van der Waals surface area (Å²) in [5.41, 5.74) is 1.40. The predicted octanol–water partition coefficient (Wildman–Crippen LogP) is 4.77. The fourth-order valence-electron chi connectivity index (χ4n) is 5.92. The maximum atomic E-state index is 13.4. The van der Waals surface area contributed by atoms with E-state index in [4.69, 9.17) is 9.47 Å². The lowest BCUT2D eigenvalue weighted by molar-refractivity contribution is -0.154. The predicted molar refractivity (Wildman–Crippen MR) is 121 cm³/mol. The quantitative estimate of drug-likeness (QED) is 0.255. The molecule has 0 aromatic heterocycles. The lowest BCUT2D eigenvalue weighted by Gasteiger charge is -2.54. The van der Waals surface area contributed by atoms with E-state index in [1.165, 1.54) is 11.9 Å². The molecule has 4 rings (SSSR count). The highest BCUT2D eigenvalue weighted by atomic mass is 32.2. The highest BCUT2D eigenvalue weighted by molar-refractivity contribution is 7.97. The van der Waals surface area contributed by atoms with E-state index in [0.717, 1.165) is 23.4 Å². The Kier molecular flexibility index (Phi) is 5.31. The molecule has 3 atom stereocenters. The molecule has 0 N–H and O–H groups in total. The molecule has 0 radical (unpaired) electrons. The highest BCUT2D eigenvalue weighted by Crippen LogP contribution is 2.88. The monoisotopic (exact) mass is 455 g/mol. The van der Waals surface area contributed by atoms with Crippen LogP contribution in [0.3, 0.4) is 0 Å². The first-order valence-corrected chi connectivity index (χ1v) is 11.6. The van der Waals surface area contributed by atoms with E-state index in [1.807, 2.05) is 0 Å². The Labute approximate surface area is 193 Å². The third-order valence-electron chi connectivity index (χ3n) is 7.72. The number of allylic oxidation sites excluding steroid dienone is 1. The van der Waals surface area contributed by atoms with Gasteiger partial charge in [-0.2, -0.15) is 0 Å². The lowest BCUT2D eigenvalue weighted by atomic mass is 9.53. The summed E-state index contributed by atoms with van der Waals surface area (Å²) >= 11 is 1.36. The average Bonchev–Trinajstić information content (AvgIpc) is 3.31. The topological polar surface area (TPSA) is 72.9 Å². The number of rotatable bonds is 7. The highest BCUT2D eigenvalue weighted by Gasteiger charge is 2.86. The molecular weight excluding hydrogens is 426 g/mol. The second-order valence-corrected chi connectivity index (χ2v) is 10.7. The fraction of sp³-hybridized carbons (Fsp3) is 0.480. The van der Waals surface area contributed by atoms with E-state index in [-0.39, 0.29) is 35.4 Å². The molecule has 2 aliphatic carbocycles. The number of ether oxygens (including phenoxy) is 2. The van der Waals surface area contributed by atoms with E-state index in [0.29, 0.717) is 17.1 Å². The Morgan fingerprint density at radius 3 is 2.31 bits per heavy atom. The minimum atomic E-state index is -0.515. The van der Waals surface area contributed by atoms with Crippen LogP contribution in [0.1, 0.15) is 50.9 Å². The molecule has 1 aromatic rings. The van der Waals surface area contributed by atoms with E-state index in [2.05, 4.69) is 33.9 Å². The van der Waals surface area contributed by atoms with E-state index in [1.54, 1.807) is 35.5 Å². The molecule has 1 spiro atoms. The molecule has 3 fully saturated rings. The molecule has 0 bridgehead atoms. The van der Waals surface area contributed by atoms with Gasteiger partial charge in [0.1, 0.15) is 13.2 Å². The number of hydrogen-bond donors (Lipinski definition) is 0. The summed E-state index contributed by atoms with van der Waals surface area (Å²) in [6, 6.07) is 6.92. The molecule has 170 valence electrons. The minimum Gasteiger partial charge on any atom is -0.459 e. The molecule has 3 unspecified atom stereocenters. The van der Waals surface area contributed by atoms with Crippen molar-refractivity contribution in [1.29, 1.82) is 0 Å². The molecular formula is C25H29NO5S. The van der Waals surface area contributed by atoms with Gasteiger partial charge in [-0.1, -0.05) is 33.9 Å². The van der Waals surface area contributed by atoms with Crippen LogP contribution in [0.4, 0.5) is 0 Å². The number of carbonyl (C=O) groups is 3. The van der Waals surface area contributed by atoms with Crippen molar-refractivity contribution < 1.29 is 23.9 Å². The standard InChI is InChI=1S/C25H29NO5S/c1-15(2)20(27)30-13-14-31-21(28)17-7-9-18(10-8-17)32-26-16(3)19-23(4,5)25(19)12-11-24(25,6)22(26)29/h7-10,19H,1,3,11-14H2,2,4-6H3. The molecule has 6 nitrogen and oxygen atoms in total. The third kappa shape index (κ3) is 3.04. The van der Waals surface area contributed by atoms with E-state index >= 15 is 0 Å². The number of amides is 1. The fourth-order valence-corrected chi connectivity index (χ4v) is 6.90. The van der Waals surface area contributed by atoms with Gasteiger partial charge in [-0.25, -0.2) is 9.59 Å². The summed E-state index contributed by atoms with van der Waals surface area (Å²) in [6.45, 7) is 15.9. The molecule has 1 aliphatic heterocycles.